The van der Waals surface area contributed by atoms with E-state index in [0.717, 1.165) is 0 Å². The zero-order chi connectivity index (χ0) is 15.8. The third-order valence-corrected chi connectivity index (χ3v) is 3.49. The molecule has 0 aromatic carbocycles. The molecule has 8 heteroatoms. The van der Waals surface area contributed by atoms with E-state index in [1.807, 2.05) is 4.90 Å². The van der Waals surface area contributed by atoms with E-state index < -0.39 is 5.97 Å². The minimum absolute atomic E-state index is 0.114. The maximum atomic E-state index is 12.2. The van der Waals surface area contributed by atoms with Crippen molar-refractivity contribution in [1.29, 1.82) is 0 Å². The molecule has 0 aromatic heterocycles. The van der Waals surface area contributed by atoms with Crippen LogP contribution in [0.2, 0.25) is 0 Å². The molecule has 1 N–H and O–H groups in total. The van der Waals surface area contributed by atoms with Crippen molar-refractivity contribution in [2.45, 2.75) is 12.8 Å². The highest BCUT2D eigenvalue weighted by Crippen LogP contribution is 2.06. The maximum Gasteiger partial charge on any atom is 0.319 e. The molecule has 21 heavy (non-hydrogen) atoms. The third-order valence-electron chi connectivity index (χ3n) is 3.49. The van der Waals surface area contributed by atoms with Crippen molar-refractivity contribution in [2.75, 3.05) is 53.4 Å². The molecule has 0 aromatic rings. The van der Waals surface area contributed by atoms with Gasteiger partial charge in [-0.25, -0.2) is 4.79 Å². The Morgan fingerprint density at radius 1 is 1.14 bits per heavy atom. The topological polar surface area (TPSA) is 90.4 Å². The molecular weight excluding hydrogens is 278 g/mol. The number of hydrogen-bond acceptors (Lipinski definition) is 5. The summed E-state index contributed by atoms with van der Waals surface area (Å²) in [4.78, 5) is 39.0. The SMILES string of the molecule is COC(=O)CCN(C)C(=O)N1CCN(CCC(=O)O)CC1. The molecule has 1 fully saturated rings. The molecule has 0 aliphatic carbocycles. The lowest BCUT2D eigenvalue weighted by atomic mass is 10.3. The molecule has 0 saturated carbocycles. The van der Waals surface area contributed by atoms with Crippen molar-refractivity contribution < 1.29 is 24.2 Å². The van der Waals surface area contributed by atoms with Crippen molar-refractivity contribution in [2.24, 2.45) is 0 Å². The van der Waals surface area contributed by atoms with Crippen LogP contribution in [0.1, 0.15) is 12.8 Å². The lowest BCUT2D eigenvalue weighted by molar-refractivity contribution is -0.141. The Morgan fingerprint density at radius 3 is 2.29 bits per heavy atom. The van der Waals surface area contributed by atoms with Gasteiger partial charge in [-0.2, -0.15) is 0 Å². The van der Waals surface area contributed by atoms with E-state index in [0.29, 0.717) is 39.3 Å². The summed E-state index contributed by atoms with van der Waals surface area (Å²) in [7, 11) is 2.97. The largest absolute Gasteiger partial charge is 0.481 e. The van der Waals surface area contributed by atoms with Gasteiger partial charge in [0.1, 0.15) is 0 Å². The second-order valence-corrected chi connectivity index (χ2v) is 5.00. The molecule has 0 spiro atoms. The van der Waals surface area contributed by atoms with Gasteiger partial charge in [0.05, 0.1) is 20.0 Å². The Hall–Kier alpha value is -1.83. The van der Waals surface area contributed by atoms with Crippen LogP contribution in [0.4, 0.5) is 4.79 Å². The number of ether oxygens (including phenoxy) is 1. The molecule has 2 amide bonds. The van der Waals surface area contributed by atoms with Crippen molar-refractivity contribution >= 4 is 18.0 Å². The van der Waals surface area contributed by atoms with Gasteiger partial charge < -0.3 is 19.6 Å². The van der Waals surface area contributed by atoms with Crippen LogP contribution in [0, 0.1) is 0 Å². The molecule has 1 heterocycles. The number of carboxylic acid groups (broad SMARTS) is 1. The highest BCUT2D eigenvalue weighted by molar-refractivity contribution is 5.75. The summed E-state index contributed by atoms with van der Waals surface area (Å²) in [6.07, 6.45) is 0.296. The molecule has 120 valence electrons. The van der Waals surface area contributed by atoms with Gasteiger partial charge >= 0.3 is 18.0 Å². The molecule has 1 saturated heterocycles. The number of nitrogens with zero attached hydrogens (tertiary/aromatic N) is 3. The second kappa shape index (κ2) is 8.46. The fraction of sp³-hybridized carbons (Fsp3) is 0.769. The van der Waals surface area contributed by atoms with Crippen LogP contribution in [0.25, 0.3) is 0 Å². The molecule has 0 radical (unpaired) electrons. The molecule has 8 nitrogen and oxygen atoms in total. The van der Waals surface area contributed by atoms with E-state index in [2.05, 4.69) is 4.74 Å². The smallest absolute Gasteiger partial charge is 0.319 e. The Balaban J connectivity index is 2.30. The van der Waals surface area contributed by atoms with Gasteiger partial charge in [0, 0.05) is 46.3 Å². The van der Waals surface area contributed by atoms with E-state index in [-0.39, 0.29) is 24.8 Å². The quantitative estimate of drug-likeness (QED) is 0.677. The van der Waals surface area contributed by atoms with E-state index in [1.54, 1.807) is 11.9 Å². The Bertz CT molecular complexity index is 380. The van der Waals surface area contributed by atoms with Crippen LogP contribution in [0.15, 0.2) is 0 Å². The number of esters is 1. The van der Waals surface area contributed by atoms with E-state index in [1.165, 1.54) is 12.0 Å². The molecule has 0 unspecified atom stereocenters. The molecular formula is C13H23N3O5. The monoisotopic (exact) mass is 301 g/mol. The van der Waals surface area contributed by atoms with Crippen molar-refractivity contribution in [3.05, 3.63) is 0 Å². The molecule has 0 bridgehead atoms. The number of piperazine rings is 1. The molecule has 1 aliphatic heterocycles. The number of carbonyl (C=O) groups is 3. The van der Waals surface area contributed by atoms with Crippen LogP contribution in [0.3, 0.4) is 0 Å². The first kappa shape index (κ1) is 17.2. The van der Waals surface area contributed by atoms with Crippen LogP contribution >= 0.6 is 0 Å². The Morgan fingerprint density at radius 2 is 1.76 bits per heavy atom. The number of urea groups is 1. The Labute approximate surface area is 124 Å². The second-order valence-electron chi connectivity index (χ2n) is 5.00. The van der Waals surface area contributed by atoms with Gasteiger partial charge in [0.15, 0.2) is 0 Å². The number of rotatable bonds is 6. The van der Waals surface area contributed by atoms with Crippen molar-refractivity contribution in [3.63, 3.8) is 0 Å². The first-order valence-corrected chi connectivity index (χ1v) is 6.95. The normalized spacial score (nSPS) is 15.6. The fourth-order valence-electron chi connectivity index (χ4n) is 2.11. The van der Waals surface area contributed by atoms with Crippen LogP contribution in [0.5, 0.6) is 0 Å². The number of amides is 2. The van der Waals surface area contributed by atoms with Crippen molar-refractivity contribution in [1.82, 2.24) is 14.7 Å². The van der Waals surface area contributed by atoms with Crippen molar-refractivity contribution in [3.8, 4) is 0 Å². The van der Waals surface area contributed by atoms with Gasteiger partial charge in [-0.1, -0.05) is 0 Å². The zero-order valence-electron chi connectivity index (χ0n) is 12.6. The standard InChI is InChI=1S/C13H23N3O5/c1-14(5-4-12(19)21-2)13(20)16-9-7-15(8-10-16)6-3-11(17)18/h3-10H2,1-2H3,(H,17,18). The number of hydrogen-bond donors (Lipinski definition) is 1. The number of carbonyl (C=O) groups excluding carboxylic acids is 2. The van der Waals surface area contributed by atoms with Gasteiger partial charge in [-0.3, -0.25) is 14.5 Å². The number of methoxy groups -OCH3 is 1. The highest BCUT2D eigenvalue weighted by Gasteiger charge is 2.23. The number of aliphatic carboxylic acids is 1. The van der Waals surface area contributed by atoms with E-state index in [4.69, 9.17) is 5.11 Å². The van der Waals surface area contributed by atoms with Gasteiger partial charge in [0.2, 0.25) is 0 Å². The predicted molar refractivity (Wildman–Crippen MR) is 74.9 cm³/mol. The van der Waals surface area contributed by atoms with Crippen LogP contribution in [-0.4, -0.2) is 91.2 Å². The summed E-state index contributed by atoms with van der Waals surface area (Å²) >= 11 is 0. The fourth-order valence-corrected chi connectivity index (χ4v) is 2.11. The summed E-state index contributed by atoms with van der Waals surface area (Å²) in [5, 5.41) is 8.65. The van der Waals surface area contributed by atoms with Gasteiger partial charge in [0.25, 0.3) is 0 Å². The van der Waals surface area contributed by atoms with Gasteiger partial charge in [-0.15, -0.1) is 0 Å². The van der Waals surface area contributed by atoms with E-state index in [9.17, 15) is 14.4 Å². The van der Waals surface area contributed by atoms with Crippen LogP contribution in [-0.2, 0) is 14.3 Å². The summed E-state index contributed by atoms with van der Waals surface area (Å²) in [6.45, 7) is 3.32. The summed E-state index contributed by atoms with van der Waals surface area (Å²) in [5.74, 6) is -1.15. The minimum Gasteiger partial charge on any atom is -0.481 e. The molecule has 1 rings (SSSR count). The first-order valence-electron chi connectivity index (χ1n) is 6.95. The molecule has 0 atom stereocenters. The Kier molecular flexibility index (Phi) is 6.93. The minimum atomic E-state index is -0.809. The third kappa shape index (κ3) is 5.99. The maximum absolute atomic E-state index is 12.2. The lowest BCUT2D eigenvalue weighted by Crippen LogP contribution is -2.52. The average Bonchev–Trinajstić information content (AvgIpc) is 2.49. The zero-order valence-corrected chi connectivity index (χ0v) is 12.6. The summed E-state index contributed by atoms with van der Waals surface area (Å²) < 4.78 is 4.54. The van der Waals surface area contributed by atoms with Gasteiger partial charge in [-0.05, 0) is 0 Å². The number of carboxylic acids is 1. The molecule has 1 aliphatic rings. The highest BCUT2D eigenvalue weighted by atomic mass is 16.5. The first-order chi connectivity index (χ1) is 9.93. The van der Waals surface area contributed by atoms with Crippen LogP contribution < -0.4 is 0 Å². The predicted octanol–water partition coefficient (Wildman–Crippen LogP) is -0.306. The lowest BCUT2D eigenvalue weighted by Gasteiger charge is -2.36. The average molecular weight is 301 g/mol. The summed E-state index contributed by atoms with van der Waals surface area (Å²) in [5.41, 5.74) is 0. The van der Waals surface area contributed by atoms with E-state index >= 15 is 0 Å². The summed E-state index contributed by atoms with van der Waals surface area (Å²) in [6, 6.07) is -0.114.